The average Bonchev–Trinajstić information content (AvgIpc) is 3.15. The molecule has 0 aliphatic heterocycles. The summed E-state index contributed by atoms with van der Waals surface area (Å²) >= 11 is 4.61. The van der Waals surface area contributed by atoms with Crippen molar-refractivity contribution in [1.82, 2.24) is 0 Å². The van der Waals surface area contributed by atoms with Crippen molar-refractivity contribution >= 4 is 42.0 Å². The molecule has 2 heteroatoms. The van der Waals surface area contributed by atoms with Gasteiger partial charge in [-0.05, 0) is 0 Å². The second kappa shape index (κ2) is 21.8. The van der Waals surface area contributed by atoms with E-state index in [1.165, 1.54) is 162 Å². The Morgan fingerprint density at radius 1 is 0.333 bits per heavy atom. The number of hydrogen-bond donors (Lipinski definition) is 0. The number of aryl methyl sites for hydroxylation is 1. The molecule has 4 aromatic rings. The molecule has 0 unspecified atom stereocenters. The molecule has 0 heterocycles. The van der Waals surface area contributed by atoms with Crippen LogP contribution < -0.4 is 21.2 Å². The third-order valence-electron chi connectivity index (χ3n) is 10.5. The first kappa shape index (κ1) is 38.6. The Morgan fingerprint density at radius 3 is 0.917 bits per heavy atom. The molecule has 0 aliphatic carbocycles. The van der Waals surface area contributed by atoms with Gasteiger partial charge in [0.15, 0.2) is 0 Å². The Labute approximate surface area is 303 Å². The van der Waals surface area contributed by atoms with E-state index in [2.05, 4.69) is 138 Å². The summed E-state index contributed by atoms with van der Waals surface area (Å²) in [7, 11) is 0. The zero-order valence-corrected chi connectivity index (χ0v) is 32.6. The fourth-order valence-corrected chi connectivity index (χ4v) is 15.1. The van der Waals surface area contributed by atoms with E-state index in [-0.39, 0.29) is 0 Å². The summed E-state index contributed by atoms with van der Waals surface area (Å²) in [5.41, 5.74) is 1.45. The van der Waals surface area contributed by atoms with Crippen LogP contribution in [-0.4, -0.2) is 0 Å². The van der Waals surface area contributed by atoms with Gasteiger partial charge in [0.1, 0.15) is 0 Å². The minimum atomic E-state index is -3.12. The molecule has 0 amide bonds. The van der Waals surface area contributed by atoms with Crippen molar-refractivity contribution in [2.45, 2.75) is 142 Å². The fraction of sp³-hybridized carbons (Fsp3) is 0.478. The van der Waals surface area contributed by atoms with Crippen molar-refractivity contribution in [1.29, 1.82) is 0 Å². The third kappa shape index (κ3) is 10.9. The predicted molar refractivity (Wildman–Crippen MR) is 222 cm³/mol. The zero-order valence-electron chi connectivity index (χ0n) is 30.1. The van der Waals surface area contributed by atoms with Crippen LogP contribution in [0.15, 0.2) is 115 Å². The number of rotatable bonds is 25. The molecule has 0 radical (unpaired) electrons. The molecular weight excluding hydrogens is 663 g/mol. The van der Waals surface area contributed by atoms with Crippen LogP contribution in [0, 0.1) is 0 Å². The number of halogens is 1. The maximum atomic E-state index is 4.61. The van der Waals surface area contributed by atoms with Gasteiger partial charge in [0.05, 0.1) is 0 Å². The van der Waals surface area contributed by atoms with E-state index < -0.39 is 5.31 Å². The van der Waals surface area contributed by atoms with Gasteiger partial charge in [-0.1, -0.05) is 90.4 Å². The Balaban J connectivity index is 1.16. The van der Waals surface area contributed by atoms with Gasteiger partial charge >= 0.3 is 214 Å². The van der Waals surface area contributed by atoms with E-state index in [1.807, 2.05) is 0 Å². The van der Waals surface area contributed by atoms with Crippen molar-refractivity contribution < 1.29 is 0 Å². The molecule has 48 heavy (non-hydrogen) atoms. The Morgan fingerprint density at radius 2 is 0.604 bits per heavy atom. The van der Waals surface area contributed by atoms with Crippen molar-refractivity contribution in [3.05, 3.63) is 121 Å². The van der Waals surface area contributed by atoms with Crippen LogP contribution in [0.5, 0.6) is 0 Å². The van der Waals surface area contributed by atoms with Crippen molar-refractivity contribution in [3.8, 4) is 0 Å². The van der Waals surface area contributed by atoms with Crippen LogP contribution >= 0.6 is 20.8 Å². The summed E-state index contributed by atoms with van der Waals surface area (Å²) in [6, 6.07) is 42.9. The van der Waals surface area contributed by atoms with E-state index in [4.69, 9.17) is 0 Å². The van der Waals surface area contributed by atoms with Crippen LogP contribution in [-0.2, 0) is 6.42 Å². The summed E-state index contributed by atoms with van der Waals surface area (Å²) in [6.07, 6.45) is 29.7. The molecule has 0 aromatic heterocycles. The second-order valence-electron chi connectivity index (χ2n) is 14.1. The third-order valence-corrected chi connectivity index (χ3v) is 20.4. The fourth-order valence-electron chi connectivity index (χ4n) is 7.55. The molecule has 0 saturated heterocycles. The van der Waals surface area contributed by atoms with Gasteiger partial charge < -0.3 is 0 Å². The molecule has 0 aliphatic rings. The van der Waals surface area contributed by atoms with E-state index in [0.29, 0.717) is 0 Å². The van der Waals surface area contributed by atoms with Gasteiger partial charge in [0.25, 0.3) is 0 Å². The molecule has 0 spiro atoms. The standard InChI is InChI=1S/C46H64BrP/c1-2-3-4-5-6-7-8-9-10-11-12-13-14-15-16-17-18-19-20-24-31-42-38-40-46(41-39-42)48(47,43-32-25-21-26-33-43,44-34-27-22-28-35-44)45-36-29-23-30-37-45/h21-23,25-30,32-41H,2-20,24,31H2,1H3. The second-order valence-corrected chi connectivity index (χ2v) is 22.5. The molecule has 0 nitrogen and oxygen atoms in total. The maximum absolute atomic E-state index is 4.61. The first-order chi connectivity index (χ1) is 23.7. The zero-order chi connectivity index (χ0) is 33.6. The monoisotopic (exact) mass is 726 g/mol. The summed E-state index contributed by atoms with van der Waals surface area (Å²) in [5, 5.41) is 2.25. The summed E-state index contributed by atoms with van der Waals surface area (Å²) < 4.78 is 0. The van der Waals surface area contributed by atoms with Gasteiger partial charge in [-0.25, -0.2) is 0 Å². The molecule has 260 valence electrons. The van der Waals surface area contributed by atoms with Gasteiger partial charge in [-0.15, -0.1) is 0 Å². The van der Waals surface area contributed by atoms with Gasteiger partial charge in [-0.2, -0.15) is 0 Å². The van der Waals surface area contributed by atoms with Crippen molar-refractivity contribution in [2.75, 3.05) is 0 Å². The normalized spacial score (nSPS) is 12.5. The van der Waals surface area contributed by atoms with E-state index >= 15 is 0 Å². The molecule has 0 saturated carbocycles. The molecule has 0 N–H and O–H groups in total. The predicted octanol–water partition coefficient (Wildman–Crippen LogP) is 13.5. The first-order valence-corrected chi connectivity index (χ1v) is 23.9. The Kier molecular flexibility index (Phi) is 17.5. The van der Waals surface area contributed by atoms with Gasteiger partial charge in [-0.3, -0.25) is 0 Å². The Bertz CT molecular complexity index is 1270. The van der Waals surface area contributed by atoms with E-state index in [0.717, 1.165) is 0 Å². The summed E-state index contributed by atoms with van der Waals surface area (Å²) in [4.78, 5) is 0. The van der Waals surface area contributed by atoms with Gasteiger partial charge in [0, 0.05) is 0 Å². The van der Waals surface area contributed by atoms with Crippen LogP contribution in [0.2, 0.25) is 0 Å². The van der Waals surface area contributed by atoms with E-state index in [1.54, 1.807) is 0 Å². The molecule has 0 fully saturated rings. The molecule has 4 rings (SSSR count). The average molecular weight is 728 g/mol. The first-order valence-electron chi connectivity index (χ1n) is 19.7. The quantitative estimate of drug-likeness (QED) is 0.0471. The molecule has 0 bridgehead atoms. The molecule has 0 atom stereocenters. The van der Waals surface area contributed by atoms with Crippen molar-refractivity contribution in [3.63, 3.8) is 0 Å². The van der Waals surface area contributed by atoms with Crippen LogP contribution in [0.1, 0.15) is 141 Å². The number of hydrogen-bond acceptors (Lipinski definition) is 0. The topological polar surface area (TPSA) is 0 Å². The van der Waals surface area contributed by atoms with Gasteiger partial charge in [0.2, 0.25) is 0 Å². The SMILES string of the molecule is CCCCCCCCCCCCCCCCCCCCCCc1ccc(P(Br)(c2ccccc2)(c2ccccc2)c2ccccc2)cc1. The van der Waals surface area contributed by atoms with Crippen LogP contribution in [0.4, 0.5) is 0 Å². The van der Waals surface area contributed by atoms with Crippen molar-refractivity contribution in [2.24, 2.45) is 0 Å². The van der Waals surface area contributed by atoms with Crippen LogP contribution in [0.3, 0.4) is 0 Å². The Hall–Kier alpha value is -2.21. The summed E-state index contributed by atoms with van der Waals surface area (Å²) in [5.74, 6) is 0. The number of benzene rings is 4. The number of unbranched alkanes of at least 4 members (excludes halogenated alkanes) is 19. The molecular formula is C46H64BrP. The minimum absolute atomic E-state index is 1.17. The summed E-state index contributed by atoms with van der Waals surface area (Å²) in [6.45, 7) is 2.30. The van der Waals surface area contributed by atoms with Crippen LogP contribution in [0.25, 0.3) is 0 Å². The molecule has 4 aromatic carbocycles. The van der Waals surface area contributed by atoms with E-state index in [9.17, 15) is 0 Å².